The number of fused-ring (bicyclic) bond motifs is 1. The van der Waals surface area contributed by atoms with Gasteiger partial charge >= 0.3 is 0 Å². The molecular formula is C13H17ClN4O2S. The van der Waals surface area contributed by atoms with Crippen LogP contribution in [-0.2, 0) is 0 Å². The van der Waals surface area contributed by atoms with E-state index in [1.54, 1.807) is 11.6 Å². The van der Waals surface area contributed by atoms with Gasteiger partial charge in [0.25, 0.3) is 11.5 Å². The molecule has 8 heteroatoms. The highest BCUT2D eigenvalue weighted by molar-refractivity contribution is 7.15. The summed E-state index contributed by atoms with van der Waals surface area (Å²) >= 11 is 1.36. The molecule has 0 bridgehead atoms. The van der Waals surface area contributed by atoms with Crippen LogP contribution in [-0.4, -0.2) is 27.4 Å². The smallest absolute Gasteiger partial charge is 0.271 e. The summed E-state index contributed by atoms with van der Waals surface area (Å²) in [6.07, 6.45) is 6.53. The minimum absolute atomic E-state index is 0. The van der Waals surface area contributed by atoms with Crippen LogP contribution in [0.15, 0.2) is 22.6 Å². The molecule has 21 heavy (non-hydrogen) atoms. The van der Waals surface area contributed by atoms with Gasteiger partial charge in [0.05, 0.1) is 0 Å². The van der Waals surface area contributed by atoms with Crippen LogP contribution in [0, 0.1) is 0 Å². The number of halogens is 1. The first-order valence-corrected chi connectivity index (χ1v) is 7.54. The Morgan fingerprint density at radius 1 is 1.38 bits per heavy atom. The fraction of sp³-hybridized carbons (Fsp3) is 0.462. The number of hydrogen-bond acceptors (Lipinski definition) is 5. The van der Waals surface area contributed by atoms with Crippen LogP contribution in [0.4, 0.5) is 0 Å². The fourth-order valence-electron chi connectivity index (χ4n) is 2.51. The van der Waals surface area contributed by atoms with Gasteiger partial charge in [-0.3, -0.25) is 14.0 Å². The lowest BCUT2D eigenvalue weighted by Gasteiger charge is -2.26. The van der Waals surface area contributed by atoms with Crippen LogP contribution < -0.4 is 16.6 Å². The highest BCUT2D eigenvalue weighted by atomic mass is 35.5. The van der Waals surface area contributed by atoms with Crippen molar-refractivity contribution in [1.82, 2.24) is 14.7 Å². The van der Waals surface area contributed by atoms with Gasteiger partial charge in [0, 0.05) is 29.9 Å². The second kappa shape index (κ2) is 6.55. The predicted octanol–water partition coefficient (Wildman–Crippen LogP) is 1.18. The standard InChI is InChI=1S/C13H16N4O2S.ClH/c14-8-1-3-9(4-2-8)16-11(18)10-7-15-13-17(12(10)19)5-6-20-13;/h5-9H,1-4,14H2,(H,16,18);1H. The number of thiazole rings is 1. The van der Waals surface area contributed by atoms with E-state index in [1.165, 1.54) is 21.9 Å². The molecule has 1 aliphatic carbocycles. The third-order valence-corrected chi connectivity index (χ3v) is 4.47. The third-order valence-electron chi connectivity index (χ3n) is 3.69. The lowest BCUT2D eigenvalue weighted by molar-refractivity contribution is 0.0924. The molecule has 2 aromatic heterocycles. The molecule has 1 amide bonds. The van der Waals surface area contributed by atoms with Crippen molar-refractivity contribution in [2.75, 3.05) is 0 Å². The molecule has 1 saturated carbocycles. The molecule has 0 atom stereocenters. The minimum atomic E-state index is -0.344. The van der Waals surface area contributed by atoms with Crippen LogP contribution >= 0.6 is 23.7 Å². The van der Waals surface area contributed by atoms with Crippen molar-refractivity contribution in [1.29, 1.82) is 0 Å². The number of rotatable bonds is 2. The Morgan fingerprint density at radius 2 is 2.10 bits per heavy atom. The maximum atomic E-state index is 12.2. The first-order chi connectivity index (χ1) is 9.65. The second-order valence-corrected chi connectivity index (χ2v) is 5.99. The molecule has 0 aromatic carbocycles. The number of hydrogen-bond donors (Lipinski definition) is 2. The average Bonchev–Trinajstić information content (AvgIpc) is 2.91. The predicted molar refractivity (Wildman–Crippen MR) is 84.3 cm³/mol. The fourth-order valence-corrected chi connectivity index (χ4v) is 3.18. The summed E-state index contributed by atoms with van der Waals surface area (Å²) in [6.45, 7) is 0. The summed E-state index contributed by atoms with van der Waals surface area (Å²) in [6, 6.07) is 0.336. The summed E-state index contributed by atoms with van der Waals surface area (Å²) in [5.74, 6) is -0.344. The van der Waals surface area contributed by atoms with Crippen molar-refractivity contribution in [3.8, 4) is 0 Å². The maximum Gasteiger partial charge on any atom is 0.271 e. The number of aromatic nitrogens is 2. The Kier molecular flexibility index (Phi) is 4.97. The van der Waals surface area contributed by atoms with E-state index in [-0.39, 0.29) is 41.5 Å². The molecule has 0 radical (unpaired) electrons. The number of amides is 1. The van der Waals surface area contributed by atoms with E-state index >= 15 is 0 Å². The molecule has 6 nitrogen and oxygen atoms in total. The number of nitrogens with one attached hydrogen (secondary N) is 1. The lowest BCUT2D eigenvalue weighted by atomic mass is 9.92. The van der Waals surface area contributed by atoms with Gasteiger partial charge in [-0.25, -0.2) is 4.98 Å². The Morgan fingerprint density at radius 3 is 2.81 bits per heavy atom. The van der Waals surface area contributed by atoms with Gasteiger partial charge in [-0.05, 0) is 25.7 Å². The largest absolute Gasteiger partial charge is 0.349 e. The molecular weight excluding hydrogens is 312 g/mol. The highest BCUT2D eigenvalue weighted by Crippen LogP contribution is 2.17. The molecule has 0 spiro atoms. The van der Waals surface area contributed by atoms with Gasteiger partial charge in [-0.2, -0.15) is 0 Å². The number of carbonyl (C=O) groups is 1. The van der Waals surface area contributed by atoms with E-state index in [1.807, 2.05) is 0 Å². The molecule has 0 saturated heterocycles. The molecule has 2 heterocycles. The molecule has 3 rings (SSSR count). The zero-order valence-corrected chi connectivity index (χ0v) is 13.0. The summed E-state index contributed by atoms with van der Waals surface area (Å²) in [5, 5.41) is 4.68. The number of nitrogens with zero attached hydrogens (tertiary/aromatic N) is 2. The Balaban J connectivity index is 0.00000161. The summed E-state index contributed by atoms with van der Waals surface area (Å²) < 4.78 is 1.40. The van der Waals surface area contributed by atoms with Crippen molar-refractivity contribution in [2.45, 2.75) is 37.8 Å². The van der Waals surface area contributed by atoms with Crippen molar-refractivity contribution in [3.05, 3.63) is 33.7 Å². The van der Waals surface area contributed by atoms with Gasteiger partial charge in [0.1, 0.15) is 5.56 Å². The summed E-state index contributed by atoms with van der Waals surface area (Å²) in [7, 11) is 0. The zero-order chi connectivity index (χ0) is 14.1. The van der Waals surface area contributed by atoms with Crippen LogP contribution in [0.2, 0.25) is 0 Å². The van der Waals surface area contributed by atoms with E-state index in [0.717, 1.165) is 25.7 Å². The average molecular weight is 329 g/mol. The molecule has 0 unspecified atom stereocenters. The van der Waals surface area contributed by atoms with Crippen LogP contribution in [0.25, 0.3) is 4.96 Å². The van der Waals surface area contributed by atoms with Gasteiger partial charge in [0.2, 0.25) is 0 Å². The Hall–Kier alpha value is -1.44. The first kappa shape index (κ1) is 15.9. The normalized spacial score (nSPS) is 21.8. The number of carbonyl (C=O) groups excluding carboxylic acids is 1. The molecule has 1 aliphatic rings. The van der Waals surface area contributed by atoms with Crippen molar-refractivity contribution >= 4 is 34.6 Å². The summed E-state index contributed by atoms with van der Waals surface area (Å²) in [5.41, 5.74) is 5.61. The lowest BCUT2D eigenvalue weighted by Crippen LogP contribution is -2.42. The van der Waals surface area contributed by atoms with E-state index in [0.29, 0.717) is 4.96 Å². The molecule has 1 fully saturated rings. The van der Waals surface area contributed by atoms with Crippen molar-refractivity contribution in [3.63, 3.8) is 0 Å². The Labute approximate surface area is 131 Å². The summed E-state index contributed by atoms with van der Waals surface area (Å²) in [4.78, 5) is 29.1. The zero-order valence-electron chi connectivity index (χ0n) is 11.3. The van der Waals surface area contributed by atoms with Gasteiger partial charge < -0.3 is 11.1 Å². The maximum absolute atomic E-state index is 12.2. The second-order valence-electron chi connectivity index (χ2n) is 5.12. The van der Waals surface area contributed by atoms with E-state index in [4.69, 9.17) is 5.73 Å². The SMILES string of the molecule is Cl.NC1CCC(NC(=O)c2cnc3sccn3c2=O)CC1. The van der Waals surface area contributed by atoms with Gasteiger partial charge in [0.15, 0.2) is 4.96 Å². The van der Waals surface area contributed by atoms with Crippen LogP contribution in [0.1, 0.15) is 36.0 Å². The van der Waals surface area contributed by atoms with Gasteiger partial charge in [-0.1, -0.05) is 0 Å². The molecule has 3 N–H and O–H groups in total. The van der Waals surface area contributed by atoms with Crippen molar-refractivity contribution in [2.24, 2.45) is 5.73 Å². The minimum Gasteiger partial charge on any atom is -0.349 e. The van der Waals surface area contributed by atoms with E-state index < -0.39 is 0 Å². The van der Waals surface area contributed by atoms with E-state index in [2.05, 4.69) is 10.3 Å². The topological polar surface area (TPSA) is 89.5 Å². The third kappa shape index (κ3) is 3.25. The first-order valence-electron chi connectivity index (χ1n) is 6.66. The molecule has 2 aromatic rings. The van der Waals surface area contributed by atoms with E-state index in [9.17, 15) is 9.59 Å². The monoisotopic (exact) mass is 328 g/mol. The molecule has 114 valence electrons. The van der Waals surface area contributed by atoms with Crippen LogP contribution in [0.5, 0.6) is 0 Å². The van der Waals surface area contributed by atoms with Crippen LogP contribution in [0.3, 0.4) is 0 Å². The number of nitrogens with two attached hydrogens (primary N) is 1. The highest BCUT2D eigenvalue weighted by Gasteiger charge is 2.22. The molecule has 0 aliphatic heterocycles. The quantitative estimate of drug-likeness (QED) is 0.866. The van der Waals surface area contributed by atoms with Crippen molar-refractivity contribution < 1.29 is 4.79 Å². The van der Waals surface area contributed by atoms with Gasteiger partial charge in [-0.15, -0.1) is 23.7 Å². The Bertz CT molecular complexity index is 691.